The third-order valence-electron chi connectivity index (χ3n) is 2.13. The van der Waals surface area contributed by atoms with Crippen LogP contribution in [0, 0.1) is 0 Å². The maximum absolute atomic E-state index is 11.5. The van der Waals surface area contributed by atoms with Gasteiger partial charge < -0.3 is 20.5 Å². The summed E-state index contributed by atoms with van der Waals surface area (Å²) >= 11 is 0. The van der Waals surface area contributed by atoms with Gasteiger partial charge in [-0.15, -0.1) is 0 Å². The summed E-state index contributed by atoms with van der Waals surface area (Å²) in [5, 5.41) is 2.66. The number of benzene rings is 1. The second kappa shape index (κ2) is 5.62. The number of nitrogens with two attached hydrogens (primary N) is 1. The van der Waals surface area contributed by atoms with E-state index in [1.807, 2.05) is 26.8 Å². The van der Waals surface area contributed by atoms with Crippen molar-refractivity contribution in [3.63, 3.8) is 0 Å². The maximum atomic E-state index is 11.5. The van der Waals surface area contributed by atoms with E-state index in [2.05, 4.69) is 5.32 Å². The van der Waals surface area contributed by atoms with Crippen LogP contribution in [0.3, 0.4) is 0 Å². The van der Waals surface area contributed by atoms with E-state index >= 15 is 0 Å². The van der Waals surface area contributed by atoms with Crippen LogP contribution in [0.15, 0.2) is 18.2 Å². The van der Waals surface area contributed by atoms with Gasteiger partial charge in [0.2, 0.25) is 0 Å². The lowest BCUT2D eigenvalue weighted by Crippen LogP contribution is -2.32. The second-order valence-corrected chi connectivity index (χ2v) is 4.93. The predicted octanol–water partition coefficient (Wildman–Crippen LogP) is 2.30. The highest BCUT2D eigenvalue weighted by atomic mass is 16.6. The molecule has 0 atom stereocenters. The average molecular weight is 252 g/mol. The van der Waals surface area contributed by atoms with Crippen molar-refractivity contribution in [1.29, 1.82) is 0 Å². The zero-order valence-electron chi connectivity index (χ0n) is 11.2. The molecule has 5 nitrogen and oxygen atoms in total. The van der Waals surface area contributed by atoms with Crippen molar-refractivity contribution in [3.8, 4) is 5.75 Å². The molecule has 5 heteroatoms. The number of alkyl carbamates (subject to hydrolysis) is 1. The molecule has 100 valence electrons. The standard InChI is InChI=1S/C13H20N2O3/c1-13(2,3)18-12(16)15-8-9-5-6-11(17-4)10(14)7-9/h5-7H,8,14H2,1-4H3,(H,15,16). The van der Waals surface area contributed by atoms with E-state index in [0.717, 1.165) is 5.56 Å². The number of anilines is 1. The Hall–Kier alpha value is -1.91. The minimum absolute atomic E-state index is 0.364. The van der Waals surface area contributed by atoms with Crippen LogP contribution in [0.1, 0.15) is 26.3 Å². The summed E-state index contributed by atoms with van der Waals surface area (Å²) in [4.78, 5) is 11.5. The SMILES string of the molecule is COc1ccc(CNC(=O)OC(C)(C)C)cc1N. The molecule has 0 aliphatic carbocycles. The minimum Gasteiger partial charge on any atom is -0.495 e. The first-order valence-corrected chi connectivity index (χ1v) is 5.71. The number of nitrogen functional groups attached to an aromatic ring is 1. The molecule has 1 amide bonds. The van der Waals surface area contributed by atoms with Gasteiger partial charge in [-0.25, -0.2) is 4.79 Å². The molecule has 1 rings (SSSR count). The summed E-state index contributed by atoms with van der Waals surface area (Å²) in [6.07, 6.45) is -0.447. The van der Waals surface area contributed by atoms with Crippen LogP contribution in [0.25, 0.3) is 0 Å². The molecule has 0 saturated heterocycles. The third-order valence-corrected chi connectivity index (χ3v) is 2.13. The van der Waals surface area contributed by atoms with Gasteiger partial charge in [0.25, 0.3) is 0 Å². The Balaban J connectivity index is 2.54. The van der Waals surface area contributed by atoms with Crippen molar-refractivity contribution in [2.24, 2.45) is 0 Å². The minimum atomic E-state index is -0.497. The van der Waals surface area contributed by atoms with Gasteiger partial charge >= 0.3 is 6.09 Å². The van der Waals surface area contributed by atoms with Gasteiger partial charge in [-0.3, -0.25) is 0 Å². The monoisotopic (exact) mass is 252 g/mol. The molecule has 0 unspecified atom stereocenters. The topological polar surface area (TPSA) is 73.6 Å². The van der Waals surface area contributed by atoms with Gasteiger partial charge in [-0.2, -0.15) is 0 Å². The molecule has 0 heterocycles. The molecule has 0 aliphatic heterocycles. The summed E-state index contributed by atoms with van der Waals surface area (Å²) in [7, 11) is 1.56. The number of methoxy groups -OCH3 is 1. The first kappa shape index (κ1) is 14.2. The van der Waals surface area contributed by atoms with Gasteiger partial charge in [-0.1, -0.05) is 6.07 Å². The van der Waals surface area contributed by atoms with Crippen LogP contribution in [0.4, 0.5) is 10.5 Å². The first-order chi connectivity index (χ1) is 8.31. The van der Waals surface area contributed by atoms with E-state index in [-0.39, 0.29) is 0 Å². The Labute approximate surface area is 107 Å². The van der Waals surface area contributed by atoms with Gasteiger partial charge in [0.1, 0.15) is 11.4 Å². The van der Waals surface area contributed by atoms with Crippen LogP contribution >= 0.6 is 0 Å². The van der Waals surface area contributed by atoms with Crippen LogP contribution in [-0.4, -0.2) is 18.8 Å². The molecular formula is C13H20N2O3. The van der Waals surface area contributed by atoms with Crippen molar-refractivity contribution in [2.75, 3.05) is 12.8 Å². The van der Waals surface area contributed by atoms with Crippen molar-refractivity contribution >= 4 is 11.8 Å². The summed E-state index contributed by atoms with van der Waals surface area (Å²) in [5.41, 5.74) is 6.70. The molecule has 1 aromatic rings. The molecule has 0 aromatic heterocycles. The van der Waals surface area contributed by atoms with Crippen molar-refractivity contribution in [2.45, 2.75) is 32.9 Å². The summed E-state index contributed by atoms with van der Waals surface area (Å²) in [5.74, 6) is 0.621. The van der Waals surface area contributed by atoms with E-state index in [1.165, 1.54) is 0 Å². The number of hydrogen-bond acceptors (Lipinski definition) is 4. The summed E-state index contributed by atoms with van der Waals surface area (Å²) in [6, 6.07) is 5.37. The van der Waals surface area contributed by atoms with E-state index in [9.17, 15) is 4.79 Å². The number of amides is 1. The zero-order chi connectivity index (χ0) is 13.8. The number of nitrogens with one attached hydrogen (secondary N) is 1. The van der Waals surface area contributed by atoms with Crippen LogP contribution in [-0.2, 0) is 11.3 Å². The Kier molecular flexibility index (Phi) is 4.42. The lowest BCUT2D eigenvalue weighted by molar-refractivity contribution is 0.0523. The smallest absolute Gasteiger partial charge is 0.407 e. The molecule has 0 saturated carbocycles. The van der Waals surface area contributed by atoms with E-state index < -0.39 is 11.7 Å². The molecule has 3 N–H and O–H groups in total. The molecule has 0 aliphatic rings. The second-order valence-electron chi connectivity index (χ2n) is 4.93. The highest BCUT2D eigenvalue weighted by Crippen LogP contribution is 2.21. The highest BCUT2D eigenvalue weighted by Gasteiger charge is 2.15. The third kappa shape index (κ3) is 4.53. The fraction of sp³-hybridized carbons (Fsp3) is 0.462. The molecule has 0 bridgehead atoms. The Morgan fingerprint density at radius 1 is 1.39 bits per heavy atom. The molecule has 0 spiro atoms. The number of carbonyl (C=O) groups is 1. The van der Waals surface area contributed by atoms with Crippen molar-refractivity contribution in [3.05, 3.63) is 23.8 Å². The molecule has 18 heavy (non-hydrogen) atoms. The number of rotatable bonds is 3. The molecular weight excluding hydrogens is 232 g/mol. The van der Waals surface area contributed by atoms with E-state index in [4.69, 9.17) is 15.2 Å². The quantitative estimate of drug-likeness (QED) is 0.809. The van der Waals surface area contributed by atoms with Gasteiger partial charge in [-0.05, 0) is 38.5 Å². The summed E-state index contributed by atoms with van der Waals surface area (Å²) in [6.45, 7) is 5.82. The molecule has 0 radical (unpaired) electrons. The molecule has 0 fully saturated rings. The largest absolute Gasteiger partial charge is 0.495 e. The van der Waals surface area contributed by atoms with E-state index in [0.29, 0.717) is 18.0 Å². The average Bonchev–Trinajstić information content (AvgIpc) is 2.24. The van der Waals surface area contributed by atoms with E-state index in [1.54, 1.807) is 19.2 Å². The van der Waals surface area contributed by atoms with Crippen molar-refractivity contribution in [1.82, 2.24) is 5.32 Å². The highest BCUT2D eigenvalue weighted by molar-refractivity contribution is 5.67. The van der Waals surface area contributed by atoms with Gasteiger partial charge in [0.05, 0.1) is 12.8 Å². The lowest BCUT2D eigenvalue weighted by Gasteiger charge is -2.19. The predicted molar refractivity (Wildman–Crippen MR) is 70.5 cm³/mol. The van der Waals surface area contributed by atoms with Gasteiger partial charge in [0, 0.05) is 6.54 Å². The number of hydrogen-bond donors (Lipinski definition) is 2. The summed E-state index contributed by atoms with van der Waals surface area (Å²) < 4.78 is 10.2. The van der Waals surface area contributed by atoms with Crippen molar-refractivity contribution < 1.29 is 14.3 Å². The van der Waals surface area contributed by atoms with Gasteiger partial charge in [0.15, 0.2) is 0 Å². The number of ether oxygens (including phenoxy) is 2. The normalized spacial score (nSPS) is 10.9. The first-order valence-electron chi connectivity index (χ1n) is 5.71. The molecule has 1 aromatic carbocycles. The van der Waals surface area contributed by atoms with Crippen LogP contribution in [0.5, 0.6) is 5.75 Å². The fourth-order valence-electron chi connectivity index (χ4n) is 1.38. The maximum Gasteiger partial charge on any atom is 0.407 e. The zero-order valence-corrected chi connectivity index (χ0v) is 11.2. The lowest BCUT2D eigenvalue weighted by atomic mass is 10.2. The Morgan fingerprint density at radius 3 is 2.56 bits per heavy atom. The number of carbonyl (C=O) groups excluding carboxylic acids is 1. The fourth-order valence-corrected chi connectivity index (χ4v) is 1.38. The van der Waals surface area contributed by atoms with Crippen LogP contribution < -0.4 is 15.8 Å². The van der Waals surface area contributed by atoms with Crippen LogP contribution in [0.2, 0.25) is 0 Å². The Morgan fingerprint density at radius 2 is 2.06 bits per heavy atom. The Bertz CT molecular complexity index is 425.